The van der Waals surface area contributed by atoms with Gasteiger partial charge in [0, 0.05) is 6.54 Å². The molecule has 4 nitrogen and oxygen atoms in total. The molecule has 1 saturated carbocycles. The van der Waals surface area contributed by atoms with E-state index in [0.29, 0.717) is 22.5 Å². The van der Waals surface area contributed by atoms with Crippen molar-refractivity contribution in [3.8, 4) is 12.3 Å². The van der Waals surface area contributed by atoms with Gasteiger partial charge in [0.1, 0.15) is 12.2 Å². The second kappa shape index (κ2) is 6.81. The molecular formula is C15H20ClN3O. The number of nitrogens with one attached hydrogen (secondary N) is 1. The Balaban J connectivity index is 2.11. The van der Waals surface area contributed by atoms with Crippen LogP contribution in [-0.2, 0) is 6.54 Å². The van der Waals surface area contributed by atoms with Crippen molar-refractivity contribution >= 4 is 17.3 Å². The zero-order valence-corrected chi connectivity index (χ0v) is 12.5. The summed E-state index contributed by atoms with van der Waals surface area (Å²) in [5, 5.41) is 7.49. The molecule has 1 aliphatic rings. The minimum absolute atomic E-state index is 0.157. The summed E-state index contributed by atoms with van der Waals surface area (Å²) < 4.78 is 1.25. The molecule has 0 aliphatic heterocycles. The first-order chi connectivity index (χ1) is 9.63. The quantitative estimate of drug-likeness (QED) is 0.868. The van der Waals surface area contributed by atoms with Crippen LogP contribution in [0.25, 0.3) is 0 Å². The van der Waals surface area contributed by atoms with Crippen molar-refractivity contribution < 1.29 is 0 Å². The van der Waals surface area contributed by atoms with E-state index < -0.39 is 0 Å². The van der Waals surface area contributed by atoms with E-state index in [2.05, 4.69) is 23.3 Å². The number of hydrogen-bond donors (Lipinski definition) is 1. The molecule has 5 heteroatoms. The van der Waals surface area contributed by atoms with Crippen molar-refractivity contribution in [2.45, 2.75) is 39.2 Å². The fourth-order valence-electron chi connectivity index (χ4n) is 2.76. The molecule has 1 aliphatic carbocycles. The molecule has 0 spiro atoms. The molecule has 1 heterocycles. The van der Waals surface area contributed by atoms with Gasteiger partial charge < -0.3 is 5.32 Å². The highest BCUT2D eigenvalue weighted by molar-refractivity contribution is 6.32. The molecule has 108 valence electrons. The third-order valence-electron chi connectivity index (χ3n) is 4.07. The average Bonchev–Trinajstić information content (AvgIpc) is 2.44. The molecule has 1 aromatic rings. The number of terminal acetylenes is 1. The second-order valence-electron chi connectivity index (χ2n) is 5.44. The van der Waals surface area contributed by atoms with E-state index in [-0.39, 0.29) is 12.1 Å². The first-order valence-electron chi connectivity index (χ1n) is 7.06. The Kier molecular flexibility index (Phi) is 5.08. The van der Waals surface area contributed by atoms with Gasteiger partial charge in [-0.3, -0.25) is 4.79 Å². The fourth-order valence-corrected chi connectivity index (χ4v) is 2.95. The van der Waals surface area contributed by atoms with Crippen molar-refractivity contribution in [1.82, 2.24) is 9.78 Å². The topological polar surface area (TPSA) is 46.9 Å². The van der Waals surface area contributed by atoms with Crippen LogP contribution in [0.4, 0.5) is 5.69 Å². The molecule has 1 fully saturated rings. The minimum atomic E-state index is -0.251. The summed E-state index contributed by atoms with van der Waals surface area (Å²) in [4.78, 5) is 12.2. The molecule has 2 unspecified atom stereocenters. The Morgan fingerprint density at radius 1 is 1.55 bits per heavy atom. The van der Waals surface area contributed by atoms with E-state index in [9.17, 15) is 4.79 Å². The summed E-state index contributed by atoms with van der Waals surface area (Å²) in [5.74, 6) is 3.69. The van der Waals surface area contributed by atoms with Crippen LogP contribution in [0.3, 0.4) is 0 Å². The van der Waals surface area contributed by atoms with E-state index >= 15 is 0 Å². The van der Waals surface area contributed by atoms with Crippen molar-refractivity contribution in [3.63, 3.8) is 0 Å². The lowest BCUT2D eigenvalue weighted by atomic mass is 9.80. The molecular weight excluding hydrogens is 274 g/mol. The number of anilines is 1. The van der Waals surface area contributed by atoms with Crippen molar-refractivity contribution in [3.05, 3.63) is 21.6 Å². The Bertz CT molecular complexity index is 561. The van der Waals surface area contributed by atoms with Gasteiger partial charge in [0.05, 0.1) is 11.2 Å². The van der Waals surface area contributed by atoms with Gasteiger partial charge in [0.25, 0.3) is 5.56 Å². The van der Waals surface area contributed by atoms with Gasteiger partial charge in [-0.15, -0.1) is 6.42 Å². The summed E-state index contributed by atoms with van der Waals surface area (Å²) >= 11 is 6.07. The normalized spacial score (nSPS) is 22.2. The first kappa shape index (κ1) is 14.9. The van der Waals surface area contributed by atoms with Crippen molar-refractivity contribution in [2.75, 3.05) is 11.9 Å². The van der Waals surface area contributed by atoms with Gasteiger partial charge in [0.15, 0.2) is 0 Å². The Labute approximate surface area is 124 Å². The molecule has 1 N–H and O–H groups in total. The van der Waals surface area contributed by atoms with E-state index in [1.54, 1.807) is 0 Å². The summed E-state index contributed by atoms with van der Waals surface area (Å²) in [6.45, 7) is 3.21. The highest BCUT2D eigenvalue weighted by Gasteiger charge is 2.21. The number of hydrogen-bond acceptors (Lipinski definition) is 3. The fraction of sp³-hybridized carbons (Fsp3) is 0.600. The average molecular weight is 294 g/mol. The Morgan fingerprint density at radius 3 is 3.00 bits per heavy atom. The van der Waals surface area contributed by atoms with Crippen LogP contribution < -0.4 is 10.9 Å². The standard InChI is InChI=1S/C15H20ClN3O/c1-3-8-19-15(20)14(13(16)10-18-19)17-9-12-7-5-4-6-11(12)2/h1,10-12,17H,4-9H2,2H3. The lowest BCUT2D eigenvalue weighted by Gasteiger charge is -2.29. The van der Waals surface area contributed by atoms with E-state index in [1.165, 1.54) is 36.6 Å². The first-order valence-corrected chi connectivity index (χ1v) is 7.44. The molecule has 0 aromatic carbocycles. The zero-order valence-electron chi connectivity index (χ0n) is 11.7. The molecule has 2 rings (SSSR count). The Hall–Kier alpha value is -1.47. The van der Waals surface area contributed by atoms with E-state index in [4.69, 9.17) is 18.0 Å². The zero-order chi connectivity index (χ0) is 14.5. The van der Waals surface area contributed by atoms with Crippen LogP contribution in [0.15, 0.2) is 11.0 Å². The maximum absolute atomic E-state index is 12.2. The summed E-state index contributed by atoms with van der Waals surface area (Å²) in [6, 6.07) is 0. The lowest BCUT2D eigenvalue weighted by molar-refractivity contribution is 0.268. The summed E-state index contributed by atoms with van der Waals surface area (Å²) in [5.41, 5.74) is 0.161. The van der Waals surface area contributed by atoms with Gasteiger partial charge in [-0.2, -0.15) is 5.10 Å². The maximum atomic E-state index is 12.2. The highest BCUT2D eigenvalue weighted by Crippen LogP contribution is 2.29. The van der Waals surface area contributed by atoms with Crippen LogP contribution in [0.2, 0.25) is 5.02 Å². The predicted molar refractivity (Wildman–Crippen MR) is 82.0 cm³/mol. The molecule has 0 bridgehead atoms. The van der Waals surface area contributed by atoms with Gasteiger partial charge >= 0.3 is 0 Å². The number of nitrogens with zero attached hydrogens (tertiary/aromatic N) is 2. The van der Waals surface area contributed by atoms with E-state index in [0.717, 1.165) is 6.54 Å². The van der Waals surface area contributed by atoms with Crippen LogP contribution in [-0.4, -0.2) is 16.3 Å². The monoisotopic (exact) mass is 293 g/mol. The number of halogens is 1. The van der Waals surface area contributed by atoms with Gasteiger partial charge in [0.2, 0.25) is 0 Å². The molecule has 0 saturated heterocycles. The molecule has 0 radical (unpaired) electrons. The van der Waals surface area contributed by atoms with Gasteiger partial charge in [-0.05, 0) is 18.3 Å². The molecule has 2 atom stereocenters. The molecule has 1 aromatic heterocycles. The largest absolute Gasteiger partial charge is 0.379 e. The van der Waals surface area contributed by atoms with Crippen molar-refractivity contribution in [2.24, 2.45) is 11.8 Å². The second-order valence-corrected chi connectivity index (χ2v) is 5.84. The predicted octanol–water partition coefficient (Wildman–Crippen LogP) is 2.77. The summed E-state index contributed by atoms with van der Waals surface area (Å²) in [7, 11) is 0. The molecule has 0 amide bonds. The smallest absolute Gasteiger partial charge is 0.292 e. The van der Waals surface area contributed by atoms with Crippen LogP contribution in [0.1, 0.15) is 32.6 Å². The molecule has 20 heavy (non-hydrogen) atoms. The van der Waals surface area contributed by atoms with Gasteiger partial charge in [-0.1, -0.05) is 43.7 Å². The number of rotatable bonds is 4. The highest BCUT2D eigenvalue weighted by atomic mass is 35.5. The maximum Gasteiger partial charge on any atom is 0.292 e. The lowest BCUT2D eigenvalue weighted by Crippen LogP contribution is -2.30. The van der Waals surface area contributed by atoms with Crippen LogP contribution in [0.5, 0.6) is 0 Å². The SMILES string of the molecule is C#CCn1ncc(Cl)c(NCC2CCCCC2C)c1=O. The summed E-state index contributed by atoms with van der Waals surface area (Å²) in [6.07, 6.45) is 11.7. The third kappa shape index (κ3) is 3.34. The Morgan fingerprint density at radius 2 is 2.30 bits per heavy atom. The number of aromatic nitrogens is 2. The van der Waals surface area contributed by atoms with Crippen LogP contribution >= 0.6 is 11.6 Å². The van der Waals surface area contributed by atoms with Crippen LogP contribution in [0, 0.1) is 24.2 Å². The van der Waals surface area contributed by atoms with Crippen molar-refractivity contribution in [1.29, 1.82) is 0 Å². The van der Waals surface area contributed by atoms with Gasteiger partial charge in [-0.25, -0.2) is 4.68 Å². The minimum Gasteiger partial charge on any atom is -0.379 e. The van der Waals surface area contributed by atoms with E-state index in [1.807, 2.05) is 0 Å². The third-order valence-corrected chi connectivity index (χ3v) is 4.36.